The molecule has 7 heteroatoms. The van der Waals surface area contributed by atoms with Gasteiger partial charge in [0, 0.05) is 17.3 Å². The van der Waals surface area contributed by atoms with Crippen molar-refractivity contribution in [3.05, 3.63) is 65.4 Å². The second-order valence-corrected chi connectivity index (χ2v) is 6.78. The molecule has 0 unspecified atom stereocenters. The first-order valence-electron chi connectivity index (χ1n) is 9.42. The third-order valence-corrected chi connectivity index (χ3v) is 4.98. The zero-order valence-electron chi connectivity index (χ0n) is 17.2. The maximum Gasteiger partial charge on any atom is 0.257 e. The number of carbonyl (C=O) groups excluding carboxylic acids is 1. The molecule has 4 rings (SSSR count). The lowest BCUT2D eigenvalue weighted by molar-refractivity contribution is -0.110. The zero-order valence-corrected chi connectivity index (χ0v) is 17.2. The number of anilines is 1. The number of hydrogen-bond donors (Lipinski definition) is 1. The lowest BCUT2D eigenvalue weighted by Crippen LogP contribution is -2.04. The van der Waals surface area contributed by atoms with Crippen LogP contribution in [0.5, 0.6) is 17.2 Å². The Bertz CT molecular complexity index is 1230. The largest absolute Gasteiger partial charge is 0.493 e. The number of hydrogen-bond acceptors (Lipinski definition) is 6. The number of amides is 1. The predicted octanol–water partition coefficient (Wildman–Crippen LogP) is 4.14. The number of pyridine rings is 1. The van der Waals surface area contributed by atoms with Crippen LogP contribution in [0, 0.1) is 11.3 Å². The van der Waals surface area contributed by atoms with Crippen molar-refractivity contribution >= 4 is 23.4 Å². The summed E-state index contributed by atoms with van der Waals surface area (Å²) in [5.41, 5.74) is 4.03. The molecule has 1 amide bonds. The van der Waals surface area contributed by atoms with Crippen molar-refractivity contribution < 1.29 is 19.0 Å². The Morgan fingerprint density at radius 1 is 1.00 bits per heavy atom. The van der Waals surface area contributed by atoms with Crippen molar-refractivity contribution in [3.63, 3.8) is 0 Å². The smallest absolute Gasteiger partial charge is 0.257 e. The van der Waals surface area contributed by atoms with Gasteiger partial charge in [-0.15, -0.1) is 0 Å². The minimum atomic E-state index is -0.244. The van der Waals surface area contributed by atoms with Gasteiger partial charge >= 0.3 is 0 Å². The van der Waals surface area contributed by atoms with Gasteiger partial charge in [-0.25, -0.2) is 4.98 Å². The number of aromatic nitrogens is 1. The fourth-order valence-corrected chi connectivity index (χ4v) is 3.48. The molecular weight excluding hydrogens is 394 g/mol. The summed E-state index contributed by atoms with van der Waals surface area (Å²) < 4.78 is 16.3. The molecule has 0 fully saturated rings. The van der Waals surface area contributed by atoms with Crippen LogP contribution in [0.1, 0.15) is 16.7 Å². The van der Waals surface area contributed by atoms with E-state index in [0.717, 1.165) is 16.7 Å². The summed E-state index contributed by atoms with van der Waals surface area (Å²) in [5, 5.41) is 11.9. The molecule has 2 heterocycles. The van der Waals surface area contributed by atoms with Gasteiger partial charge in [0.1, 0.15) is 5.82 Å². The average Bonchev–Trinajstić information content (AvgIpc) is 3.12. The molecule has 3 aromatic rings. The lowest BCUT2D eigenvalue weighted by Gasteiger charge is -2.14. The summed E-state index contributed by atoms with van der Waals surface area (Å²) >= 11 is 0. The van der Waals surface area contributed by atoms with Crippen molar-refractivity contribution in [2.75, 3.05) is 26.6 Å². The van der Waals surface area contributed by atoms with Gasteiger partial charge in [0.05, 0.1) is 38.5 Å². The predicted molar refractivity (Wildman–Crippen MR) is 117 cm³/mol. The molecule has 0 atom stereocenters. The number of nitriles is 1. The van der Waals surface area contributed by atoms with Gasteiger partial charge in [-0.3, -0.25) is 4.79 Å². The van der Waals surface area contributed by atoms with E-state index in [1.807, 2.05) is 24.3 Å². The molecule has 1 N–H and O–H groups in total. The average molecular weight is 413 g/mol. The van der Waals surface area contributed by atoms with E-state index in [1.54, 1.807) is 51.8 Å². The van der Waals surface area contributed by atoms with Crippen LogP contribution in [0.15, 0.2) is 48.7 Å². The van der Waals surface area contributed by atoms with Crippen molar-refractivity contribution in [2.24, 2.45) is 0 Å². The summed E-state index contributed by atoms with van der Waals surface area (Å²) in [5.74, 6) is 1.79. The van der Waals surface area contributed by atoms with Gasteiger partial charge in [0.25, 0.3) is 5.91 Å². The van der Waals surface area contributed by atoms with Gasteiger partial charge in [0.15, 0.2) is 11.5 Å². The van der Waals surface area contributed by atoms with Crippen LogP contribution in [-0.2, 0) is 4.79 Å². The summed E-state index contributed by atoms with van der Waals surface area (Å²) in [4.78, 5) is 17.0. The maximum absolute atomic E-state index is 12.6. The highest BCUT2D eigenvalue weighted by Gasteiger charge is 2.26. The van der Waals surface area contributed by atoms with E-state index in [-0.39, 0.29) is 5.91 Å². The Balaban J connectivity index is 1.81. The number of benzene rings is 2. The van der Waals surface area contributed by atoms with Gasteiger partial charge in [-0.1, -0.05) is 12.1 Å². The Labute approximate surface area is 179 Å². The normalized spacial score (nSPS) is 13.4. The summed E-state index contributed by atoms with van der Waals surface area (Å²) in [7, 11) is 4.66. The highest BCUT2D eigenvalue weighted by Crippen LogP contribution is 2.42. The van der Waals surface area contributed by atoms with Crippen LogP contribution >= 0.6 is 0 Å². The summed E-state index contributed by atoms with van der Waals surface area (Å²) in [6.07, 6.45) is 3.43. The van der Waals surface area contributed by atoms with Crippen molar-refractivity contribution in [1.29, 1.82) is 5.26 Å². The number of ether oxygens (including phenoxy) is 3. The molecule has 0 saturated heterocycles. The third-order valence-electron chi connectivity index (χ3n) is 4.98. The van der Waals surface area contributed by atoms with E-state index in [0.29, 0.717) is 39.8 Å². The first-order chi connectivity index (χ1) is 15.1. The molecule has 1 aromatic heterocycles. The first kappa shape index (κ1) is 20.0. The molecule has 31 heavy (non-hydrogen) atoms. The topological polar surface area (TPSA) is 93.5 Å². The third kappa shape index (κ3) is 3.67. The monoisotopic (exact) mass is 413 g/mol. The zero-order chi connectivity index (χ0) is 22.0. The molecule has 154 valence electrons. The van der Waals surface area contributed by atoms with E-state index in [4.69, 9.17) is 19.5 Å². The molecule has 0 aliphatic carbocycles. The SMILES string of the molecule is COc1cc(-c2cnc3c(c2)/C(=C\c2cccc(C#N)c2)C(=O)N3)cc(OC)c1OC. The Morgan fingerprint density at radius 2 is 1.74 bits per heavy atom. The lowest BCUT2D eigenvalue weighted by atomic mass is 10.00. The van der Waals surface area contributed by atoms with Gasteiger partial charge in [-0.2, -0.15) is 5.26 Å². The standard InChI is InChI=1S/C24H19N3O4/c1-29-20-10-16(11-21(30-2)22(20)31-3)17-9-18-19(24(28)27-23(18)26-13-17)8-14-5-4-6-15(7-14)12-25/h4-11,13H,1-3H3,(H,26,27,28)/b19-8+. The second-order valence-electron chi connectivity index (χ2n) is 6.78. The molecule has 0 spiro atoms. The summed E-state index contributed by atoms with van der Waals surface area (Å²) in [6.45, 7) is 0. The maximum atomic E-state index is 12.6. The van der Waals surface area contributed by atoms with Crippen LogP contribution in [0.3, 0.4) is 0 Å². The number of carbonyl (C=O) groups is 1. The Morgan fingerprint density at radius 3 is 2.39 bits per heavy atom. The number of nitrogens with zero attached hydrogens (tertiary/aromatic N) is 2. The Hall–Kier alpha value is -4.31. The van der Waals surface area contributed by atoms with Gasteiger partial charge < -0.3 is 19.5 Å². The number of fused-ring (bicyclic) bond motifs is 1. The highest BCUT2D eigenvalue weighted by atomic mass is 16.5. The molecule has 0 bridgehead atoms. The van der Waals surface area contributed by atoms with Gasteiger partial charge in [-0.05, 0) is 47.5 Å². The molecule has 0 radical (unpaired) electrons. The van der Waals surface area contributed by atoms with Crippen LogP contribution in [0.25, 0.3) is 22.8 Å². The van der Waals surface area contributed by atoms with E-state index >= 15 is 0 Å². The minimum Gasteiger partial charge on any atom is -0.493 e. The first-order valence-corrected chi connectivity index (χ1v) is 9.42. The molecule has 2 aromatic carbocycles. The van der Waals surface area contributed by atoms with Crippen molar-refractivity contribution in [2.45, 2.75) is 0 Å². The fraction of sp³-hybridized carbons (Fsp3) is 0.125. The van der Waals surface area contributed by atoms with Crippen LogP contribution in [-0.4, -0.2) is 32.2 Å². The van der Waals surface area contributed by atoms with Gasteiger partial charge in [0.2, 0.25) is 5.75 Å². The minimum absolute atomic E-state index is 0.244. The number of rotatable bonds is 5. The van der Waals surface area contributed by atoms with E-state index < -0.39 is 0 Å². The van der Waals surface area contributed by atoms with Crippen molar-refractivity contribution in [1.82, 2.24) is 4.98 Å². The van der Waals surface area contributed by atoms with E-state index in [2.05, 4.69) is 16.4 Å². The summed E-state index contributed by atoms with van der Waals surface area (Å²) in [6, 6.07) is 14.7. The van der Waals surface area contributed by atoms with E-state index in [1.165, 1.54) is 0 Å². The van der Waals surface area contributed by atoms with Crippen LogP contribution < -0.4 is 19.5 Å². The molecule has 0 saturated carbocycles. The van der Waals surface area contributed by atoms with E-state index in [9.17, 15) is 4.79 Å². The highest BCUT2D eigenvalue weighted by molar-refractivity contribution is 6.34. The Kier molecular flexibility index (Phi) is 5.29. The molecule has 1 aliphatic heterocycles. The molecular formula is C24H19N3O4. The van der Waals surface area contributed by atoms with Crippen LogP contribution in [0.4, 0.5) is 5.82 Å². The fourth-order valence-electron chi connectivity index (χ4n) is 3.48. The molecule has 7 nitrogen and oxygen atoms in total. The number of nitrogens with one attached hydrogen (secondary N) is 1. The van der Waals surface area contributed by atoms with Crippen molar-refractivity contribution in [3.8, 4) is 34.4 Å². The van der Waals surface area contributed by atoms with Crippen LogP contribution in [0.2, 0.25) is 0 Å². The number of methoxy groups -OCH3 is 3. The quantitative estimate of drug-likeness (QED) is 0.632. The second kappa shape index (κ2) is 8.20. The molecule has 1 aliphatic rings.